The van der Waals surface area contributed by atoms with Crippen molar-refractivity contribution < 1.29 is 4.79 Å². The number of aromatic nitrogens is 4. The molecule has 3 heterocycles. The standard InChI is InChI=1S/C18H23N5O/c1-11(8-16-12(2)22-23(4)13(16)3)21-17(24)9-14-10-20-18-15(14)6-5-7-19-18/h5-7,10-11H,8-9H2,1-4H3,(H,19,20)(H,21,24). The van der Waals surface area contributed by atoms with Gasteiger partial charge < -0.3 is 10.3 Å². The minimum atomic E-state index is 0.0199. The fraction of sp³-hybridized carbons (Fsp3) is 0.389. The summed E-state index contributed by atoms with van der Waals surface area (Å²) in [6.07, 6.45) is 4.73. The number of rotatable bonds is 5. The van der Waals surface area contributed by atoms with E-state index in [4.69, 9.17) is 0 Å². The largest absolute Gasteiger partial charge is 0.353 e. The van der Waals surface area contributed by atoms with Crippen molar-refractivity contribution in [3.63, 3.8) is 0 Å². The molecule has 0 aliphatic rings. The summed E-state index contributed by atoms with van der Waals surface area (Å²) in [6, 6.07) is 3.92. The molecule has 3 rings (SSSR count). The maximum atomic E-state index is 12.4. The maximum Gasteiger partial charge on any atom is 0.224 e. The topological polar surface area (TPSA) is 75.6 Å². The first-order valence-electron chi connectivity index (χ1n) is 8.15. The van der Waals surface area contributed by atoms with Crippen LogP contribution in [0.5, 0.6) is 0 Å². The van der Waals surface area contributed by atoms with E-state index in [1.807, 2.05) is 43.9 Å². The molecule has 1 unspecified atom stereocenters. The van der Waals surface area contributed by atoms with Crippen molar-refractivity contribution in [1.82, 2.24) is 25.1 Å². The number of nitrogens with one attached hydrogen (secondary N) is 2. The van der Waals surface area contributed by atoms with Crippen LogP contribution in [0, 0.1) is 13.8 Å². The van der Waals surface area contributed by atoms with E-state index in [2.05, 4.69) is 27.3 Å². The first-order chi connectivity index (χ1) is 11.5. The maximum absolute atomic E-state index is 12.4. The van der Waals surface area contributed by atoms with Crippen LogP contribution in [0.25, 0.3) is 11.0 Å². The Morgan fingerprint density at radius 3 is 2.92 bits per heavy atom. The zero-order valence-corrected chi connectivity index (χ0v) is 14.6. The zero-order valence-electron chi connectivity index (χ0n) is 14.6. The molecule has 24 heavy (non-hydrogen) atoms. The average Bonchev–Trinajstić information content (AvgIpc) is 3.04. The highest BCUT2D eigenvalue weighted by atomic mass is 16.1. The van der Waals surface area contributed by atoms with Crippen molar-refractivity contribution in [2.75, 3.05) is 0 Å². The highest BCUT2D eigenvalue weighted by molar-refractivity contribution is 5.87. The van der Waals surface area contributed by atoms with Crippen LogP contribution in [0.3, 0.4) is 0 Å². The van der Waals surface area contributed by atoms with Crippen LogP contribution in [-0.2, 0) is 24.7 Å². The molecule has 3 aromatic rings. The Kier molecular flexibility index (Phi) is 4.38. The second-order valence-corrected chi connectivity index (χ2v) is 6.34. The Bertz CT molecular complexity index is 877. The van der Waals surface area contributed by atoms with Gasteiger partial charge in [-0.3, -0.25) is 9.48 Å². The van der Waals surface area contributed by atoms with E-state index in [1.165, 1.54) is 5.56 Å². The van der Waals surface area contributed by atoms with E-state index < -0.39 is 0 Å². The van der Waals surface area contributed by atoms with Gasteiger partial charge in [-0.2, -0.15) is 5.10 Å². The molecule has 0 radical (unpaired) electrons. The molecule has 0 bridgehead atoms. The minimum absolute atomic E-state index is 0.0199. The lowest BCUT2D eigenvalue weighted by Gasteiger charge is -2.14. The second kappa shape index (κ2) is 6.47. The number of pyridine rings is 1. The number of carbonyl (C=O) groups excluding carboxylic acids is 1. The Labute approximate surface area is 141 Å². The Hall–Kier alpha value is -2.63. The lowest BCUT2D eigenvalue weighted by molar-refractivity contribution is -0.121. The van der Waals surface area contributed by atoms with E-state index in [1.54, 1.807) is 6.20 Å². The molecule has 3 aromatic heterocycles. The summed E-state index contributed by atoms with van der Waals surface area (Å²) in [5.74, 6) is 0.0199. The Balaban J connectivity index is 1.64. The number of hydrogen-bond donors (Lipinski definition) is 2. The number of carbonyl (C=O) groups is 1. The van der Waals surface area contributed by atoms with Gasteiger partial charge in [0.25, 0.3) is 0 Å². The van der Waals surface area contributed by atoms with Crippen LogP contribution < -0.4 is 5.32 Å². The van der Waals surface area contributed by atoms with Crippen molar-refractivity contribution in [3.05, 3.63) is 47.0 Å². The molecule has 1 amide bonds. The first-order valence-corrected chi connectivity index (χ1v) is 8.15. The van der Waals surface area contributed by atoms with Gasteiger partial charge in [0.15, 0.2) is 0 Å². The van der Waals surface area contributed by atoms with E-state index in [0.717, 1.165) is 34.4 Å². The third kappa shape index (κ3) is 3.18. The summed E-state index contributed by atoms with van der Waals surface area (Å²) in [7, 11) is 1.94. The first kappa shape index (κ1) is 16.2. The van der Waals surface area contributed by atoms with Crippen molar-refractivity contribution in [2.24, 2.45) is 7.05 Å². The average molecular weight is 325 g/mol. The van der Waals surface area contributed by atoms with Crippen molar-refractivity contribution in [1.29, 1.82) is 0 Å². The van der Waals surface area contributed by atoms with Gasteiger partial charge in [-0.1, -0.05) is 0 Å². The SMILES string of the molecule is Cc1nn(C)c(C)c1CC(C)NC(=O)Cc1c[nH]c2ncccc12. The van der Waals surface area contributed by atoms with Gasteiger partial charge in [-0.05, 0) is 50.5 Å². The second-order valence-electron chi connectivity index (χ2n) is 6.34. The minimum Gasteiger partial charge on any atom is -0.353 e. The number of aryl methyl sites for hydroxylation is 2. The number of aromatic amines is 1. The predicted octanol–water partition coefficient (Wildman–Crippen LogP) is 2.20. The number of fused-ring (bicyclic) bond motifs is 1. The monoisotopic (exact) mass is 325 g/mol. The van der Waals surface area contributed by atoms with Crippen LogP contribution in [0.1, 0.15) is 29.4 Å². The molecule has 0 aromatic carbocycles. The van der Waals surface area contributed by atoms with Gasteiger partial charge in [0, 0.05) is 36.6 Å². The molecular formula is C18H23N5O. The molecule has 126 valence electrons. The highest BCUT2D eigenvalue weighted by Crippen LogP contribution is 2.17. The van der Waals surface area contributed by atoms with E-state index in [9.17, 15) is 4.79 Å². The van der Waals surface area contributed by atoms with Crippen LogP contribution >= 0.6 is 0 Å². The summed E-state index contributed by atoms with van der Waals surface area (Å²) in [6.45, 7) is 6.10. The summed E-state index contributed by atoms with van der Waals surface area (Å²) in [4.78, 5) is 19.7. The number of H-pyrrole nitrogens is 1. The summed E-state index contributed by atoms with van der Waals surface area (Å²) >= 11 is 0. The molecule has 2 N–H and O–H groups in total. The fourth-order valence-electron chi connectivity index (χ4n) is 3.13. The van der Waals surface area contributed by atoms with Crippen molar-refractivity contribution in [2.45, 2.75) is 39.7 Å². The molecule has 0 saturated heterocycles. The van der Waals surface area contributed by atoms with Gasteiger partial charge in [0.05, 0.1) is 12.1 Å². The smallest absolute Gasteiger partial charge is 0.224 e. The van der Waals surface area contributed by atoms with Gasteiger partial charge >= 0.3 is 0 Å². The highest BCUT2D eigenvalue weighted by Gasteiger charge is 2.16. The number of hydrogen-bond acceptors (Lipinski definition) is 3. The van der Waals surface area contributed by atoms with Crippen LogP contribution in [0.2, 0.25) is 0 Å². The van der Waals surface area contributed by atoms with Crippen LogP contribution in [0.15, 0.2) is 24.5 Å². The Morgan fingerprint density at radius 2 is 2.21 bits per heavy atom. The number of amides is 1. The van der Waals surface area contributed by atoms with E-state index in [-0.39, 0.29) is 11.9 Å². The Morgan fingerprint density at radius 1 is 1.42 bits per heavy atom. The lowest BCUT2D eigenvalue weighted by atomic mass is 10.0. The van der Waals surface area contributed by atoms with Gasteiger partial charge in [0.2, 0.25) is 5.91 Å². The third-order valence-corrected chi connectivity index (χ3v) is 4.46. The van der Waals surface area contributed by atoms with E-state index in [0.29, 0.717) is 6.42 Å². The molecule has 1 atom stereocenters. The van der Waals surface area contributed by atoms with Crippen LogP contribution in [-0.4, -0.2) is 31.7 Å². The van der Waals surface area contributed by atoms with Crippen molar-refractivity contribution in [3.8, 4) is 0 Å². The molecular weight excluding hydrogens is 302 g/mol. The summed E-state index contributed by atoms with van der Waals surface area (Å²) < 4.78 is 1.89. The summed E-state index contributed by atoms with van der Waals surface area (Å²) in [5, 5.41) is 8.51. The third-order valence-electron chi connectivity index (χ3n) is 4.46. The van der Waals surface area contributed by atoms with Gasteiger partial charge in [0.1, 0.15) is 5.65 Å². The molecule has 6 heteroatoms. The lowest BCUT2D eigenvalue weighted by Crippen LogP contribution is -2.35. The zero-order chi connectivity index (χ0) is 17.3. The van der Waals surface area contributed by atoms with E-state index >= 15 is 0 Å². The molecule has 0 fully saturated rings. The predicted molar refractivity (Wildman–Crippen MR) is 93.8 cm³/mol. The summed E-state index contributed by atoms with van der Waals surface area (Å²) in [5.41, 5.74) is 5.17. The van der Waals surface area contributed by atoms with Crippen LogP contribution in [0.4, 0.5) is 0 Å². The molecule has 0 aliphatic carbocycles. The quantitative estimate of drug-likeness (QED) is 0.755. The molecule has 6 nitrogen and oxygen atoms in total. The van der Waals surface area contributed by atoms with Gasteiger partial charge in [-0.15, -0.1) is 0 Å². The van der Waals surface area contributed by atoms with Gasteiger partial charge in [-0.25, -0.2) is 4.98 Å². The number of nitrogens with zero attached hydrogens (tertiary/aromatic N) is 3. The molecule has 0 aliphatic heterocycles. The molecule has 0 saturated carbocycles. The normalized spacial score (nSPS) is 12.5. The fourth-order valence-corrected chi connectivity index (χ4v) is 3.13. The molecule has 0 spiro atoms. The van der Waals surface area contributed by atoms with Crippen molar-refractivity contribution >= 4 is 16.9 Å².